The molecule has 0 N–H and O–H groups in total. The Morgan fingerprint density at radius 1 is 1.30 bits per heavy atom. The predicted molar refractivity (Wildman–Crippen MR) is 83.6 cm³/mol. The lowest BCUT2D eigenvalue weighted by atomic mass is 9.92. The van der Waals surface area contributed by atoms with Crippen LogP contribution in [0.4, 0.5) is 15.8 Å². The maximum Gasteiger partial charge on any atom is 0.305 e. The lowest BCUT2D eigenvalue weighted by Gasteiger charge is -2.33. The number of rotatable bonds is 3. The molecule has 2 aromatic rings. The number of amides is 1. The van der Waals surface area contributed by atoms with E-state index in [-0.39, 0.29) is 11.8 Å². The van der Waals surface area contributed by atoms with E-state index in [4.69, 9.17) is 0 Å². The fraction of sp³-hybridized carbons (Fsp3) is 0.235. The van der Waals surface area contributed by atoms with Gasteiger partial charge in [0.1, 0.15) is 0 Å². The van der Waals surface area contributed by atoms with E-state index in [1.54, 1.807) is 6.92 Å². The Balaban J connectivity index is 2.06. The summed E-state index contributed by atoms with van der Waals surface area (Å²) in [6.07, 6.45) is 0.376. The summed E-state index contributed by atoms with van der Waals surface area (Å²) < 4.78 is 14.0. The number of hydrogen-bond donors (Lipinski definition) is 0. The molecule has 1 aliphatic heterocycles. The molecular formula is C17H15FN2O3. The number of hydrogen-bond acceptors (Lipinski definition) is 3. The largest absolute Gasteiger partial charge is 0.307 e. The second-order valence-corrected chi connectivity index (χ2v) is 5.70. The molecule has 3 rings (SSSR count). The van der Waals surface area contributed by atoms with Crippen molar-refractivity contribution in [3.63, 3.8) is 0 Å². The Kier molecular flexibility index (Phi) is 3.82. The normalized spacial score (nSPS) is 17.0. The van der Waals surface area contributed by atoms with Crippen LogP contribution in [-0.4, -0.2) is 10.8 Å². The number of carbonyl (C=O) groups excluding carboxylic acids is 1. The molecule has 1 atom stereocenters. The molecule has 0 radical (unpaired) electrons. The molecule has 2 aromatic carbocycles. The van der Waals surface area contributed by atoms with E-state index < -0.39 is 16.4 Å². The third-order valence-corrected chi connectivity index (χ3v) is 4.03. The van der Waals surface area contributed by atoms with Crippen LogP contribution in [-0.2, 0) is 17.8 Å². The zero-order valence-electron chi connectivity index (χ0n) is 12.5. The minimum Gasteiger partial charge on any atom is -0.307 e. The fourth-order valence-electron chi connectivity index (χ4n) is 2.88. The smallest absolute Gasteiger partial charge is 0.305 e. The minimum atomic E-state index is -0.922. The second-order valence-electron chi connectivity index (χ2n) is 5.70. The van der Waals surface area contributed by atoms with E-state index in [0.717, 1.165) is 11.6 Å². The van der Waals surface area contributed by atoms with Crippen LogP contribution in [0.3, 0.4) is 0 Å². The molecule has 0 saturated heterocycles. The van der Waals surface area contributed by atoms with E-state index in [1.807, 2.05) is 30.3 Å². The maximum absolute atomic E-state index is 14.0. The number of fused-ring (bicyclic) bond motifs is 1. The lowest BCUT2D eigenvalue weighted by molar-refractivity contribution is -0.387. The van der Waals surface area contributed by atoms with Gasteiger partial charge in [0.25, 0.3) is 0 Å². The van der Waals surface area contributed by atoms with Gasteiger partial charge in [0, 0.05) is 18.1 Å². The average molecular weight is 314 g/mol. The monoisotopic (exact) mass is 314 g/mol. The van der Waals surface area contributed by atoms with Crippen molar-refractivity contribution in [2.75, 3.05) is 4.90 Å². The Bertz CT molecular complexity index is 777. The molecule has 1 unspecified atom stereocenters. The number of nitro benzene ring substituents is 1. The van der Waals surface area contributed by atoms with Gasteiger partial charge in [-0.2, -0.15) is 4.39 Å². The van der Waals surface area contributed by atoms with Crippen LogP contribution in [0.15, 0.2) is 42.5 Å². The van der Waals surface area contributed by atoms with E-state index >= 15 is 0 Å². The molecule has 0 bridgehead atoms. The molecule has 1 heterocycles. The number of anilines is 1. The maximum atomic E-state index is 14.0. The predicted octanol–water partition coefficient (Wildman–Crippen LogP) is 3.46. The molecule has 5 nitrogen and oxygen atoms in total. The van der Waals surface area contributed by atoms with Crippen molar-refractivity contribution in [3.8, 4) is 0 Å². The molecule has 0 aromatic heterocycles. The third kappa shape index (κ3) is 2.79. The van der Waals surface area contributed by atoms with Crippen molar-refractivity contribution in [2.24, 2.45) is 5.92 Å². The van der Waals surface area contributed by atoms with Crippen LogP contribution in [0.2, 0.25) is 0 Å². The summed E-state index contributed by atoms with van der Waals surface area (Å²) in [7, 11) is 0. The lowest BCUT2D eigenvalue weighted by Crippen LogP contribution is -2.39. The first-order valence-electron chi connectivity index (χ1n) is 7.29. The number of nitro groups is 1. The standard InChI is InChI=1S/C17H15FN2O3/c1-11-7-13-8-16(20(22)23)14(18)9-15(13)19(17(11)21)10-12-5-3-2-4-6-12/h2-6,8-9,11H,7,10H2,1H3. The molecule has 118 valence electrons. The molecule has 23 heavy (non-hydrogen) atoms. The van der Waals surface area contributed by atoms with Gasteiger partial charge in [-0.05, 0) is 17.5 Å². The van der Waals surface area contributed by atoms with Crippen LogP contribution in [0.5, 0.6) is 0 Å². The summed E-state index contributed by atoms with van der Waals surface area (Å²) in [5.74, 6) is -1.32. The highest BCUT2D eigenvalue weighted by Crippen LogP contribution is 2.35. The number of carbonyl (C=O) groups is 1. The third-order valence-electron chi connectivity index (χ3n) is 4.03. The van der Waals surface area contributed by atoms with E-state index in [2.05, 4.69) is 0 Å². The zero-order valence-corrected chi connectivity index (χ0v) is 12.5. The van der Waals surface area contributed by atoms with Crippen LogP contribution in [0.25, 0.3) is 0 Å². The van der Waals surface area contributed by atoms with Crippen molar-refractivity contribution < 1.29 is 14.1 Å². The number of benzene rings is 2. The Hall–Kier alpha value is -2.76. The van der Waals surface area contributed by atoms with Gasteiger partial charge in [0.2, 0.25) is 11.7 Å². The van der Waals surface area contributed by atoms with Gasteiger partial charge < -0.3 is 4.90 Å². The van der Waals surface area contributed by atoms with Gasteiger partial charge in [-0.3, -0.25) is 14.9 Å². The first-order chi connectivity index (χ1) is 11.0. The summed E-state index contributed by atoms with van der Waals surface area (Å²) in [6, 6.07) is 11.7. The van der Waals surface area contributed by atoms with Crippen molar-refractivity contribution in [2.45, 2.75) is 19.9 Å². The number of nitrogens with zero attached hydrogens (tertiary/aromatic N) is 2. The second kappa shape index (κ2) is 5.79. The summed E-state index contributed by atoms with van der Waals surface area (Å²) in [4.78, 5) is 24.2. The van der Waals surface area contributed by atoms with Crippen molar-refractivity contribution in [3.05, 3.63) is 69.5 Å². The van der Waals surface area contributed by atoms with E-state index in [9.17, 15) is 19.3 Å². The van der Waals surface area contributed by atoms with Crippen LogP contribution in [0.1, 0.15) is 18.1 Å². The highest BCUT2D eigenvalue weighted by Gasteiger charge is 2.32. The molecule has 0 saturated carbocycles. The van der Waals surface area contributed by atoms with Gasteiger partial charge in [0.05, 0.1) is 17.2 Å². The number of halogens is 1. The van der Waals surface area contributed by atoms with Gasteiger partial charge in [-0.25, -0.2) is 0 Å². The topological polar surface area (TPSA) is 63.5 Å². The zero-order chi connectivity index (χ0) is 16.6. The van der Waals surface area contributed by atoms with Crippen LogP contribution < -0.4 is 4.90 Å². The molecule has 6 heteroatoms. The molecular weight excluding hydrogens is 299 g/mol. The molecule has 1 aliphatic rings. The Morgan fingerprint density at radius 3 is 2.65 bits per heavy atom. The van der Waals surface area contributed by atoms with Crippen molar-refractivity contribution >= 4 is 17.3 Å². The van der Waals surface area contributed by atoms with Crippen LogP contribution in [0, 0.1) is 21.8 Å². The molecule has 0 aliphatic carbocycles. The average Bonchev–Trinajstić information content (AvgIpc) is 2.53. The Morgan fingerprint density at radius 2 is 2.00 bits per heavy atom. The quantitative estimate of drug-likeness (QED) is 0.644. The van der Waals surface area contributed by atoms with Crippen molar-refractivity contribution in [1.29, 1.82) is 0 Å². The Labute approximate surface area is 132 Å². The van der Waals surface area contributed by atoms with Gasteiger partial charge >= 0.3 is 5.69 Å². The summed E-state index contributed by atoms with van der Waals surface area (Å²) in [5, 5.41) is 10.9. The van der Waals surface area contributed by atoms with E-state index in [0.29, 0.717) is 24.2 Å². The van der Waals surface area contributed by atoms with Gasteiger partial charge in [-0.15, -0.1) is 0 Å². The fourth-order valence-corrected chi connectivity index (χ4v) is 2.88. The highest BCUT2D eigenvalue weighted by molar-refractivity contribution is 5.98. The first-order valence-corrected chi connectivity index (χ1v) is 7.29. The van der Waals surface area contributed by atoms with Crippen molar-refractivity contribution in [1.82, 2.24) is 0 Å². The summed E-state index contributed by atoms with van der Waals surface area (Å²) in [6.45, 7) is 2.09. The minimum absolute atomic E-state index is 0.102. The first kappa shape index (κ1) is 15.1. The van der Waals surface area contributed by atoms with Gasteiger partial charge in [-0.1, -0.05) is 37.3 Å². The summed E-state index contributed by atoms with van der Waals surface area (Å²) >= 11 is 0. The molecule has 1 amide bonds. The highest BCUT2D eigenvalue weighted by atomic mass is 19.1. The SMILES string of the molecule is CC1Cc2cc([N+](=O)[O-])c(F)cc2N(Cc2ccccc2)C1=O. The van der Waals surface area contributed by atoms with E-state index in [1.165, 1.54) is 11.0 Å². The van der Waals surface area contributed by atoms with Gasteiger partial charge in [0.15, 0.2) is 0 Å². The summed E-state index contributed by atoms with van der Waals surface area (Å²) in [5.41, 5.74) is 1.41. The molecule has 0 spiro atoms. The molecule has 0 fully saturated rings. The van der Waals surface area contributed by atoms with Crippen LogP contribution >= 0.6 is 0 Å².